The van der Waals surface area contributed by atoms with E-state index in [1.165, 1.54) is 0 Å². The summed E-state index contributed by atoms with van der Waals surface area (Å²) in [5.74, 6) is 1.04. The molecular formula is C16H14ClIO3. The zero-order valence-corrected chi connectivity index (χ0v) is 14.8. The van der Waals surface area contributed by atoms with Gasteiger partial charge in [0.2, 0.25) is 0 Å². The van der Waals surface area contributed by atoms with E-state index < -0.39 is 0 Å². The van der Waals surface area contributed by atoms with Crippen molar-refractivity contribution in [2.75, 3.05) is 14.2 Å². The number of carbonyl (C=O) groups excluding carboxylic acids is 1. The average Bonchev–Trinajstić information content (AvgIpc) is 2.49. The Morgan fingerprint density at radius 1 is 1.10 bits per heavy atom. The molecule has 2 aromatic carbocycles. The lowest BCUT2D eigenvalue weighted by Crippen LogP contribution is -2.05. The highest BCUT2D eigenvalue weighted by Gasteiger charge is 2.16. The highest BCUT2D eigenvalue weighted by Crippen LogP contribution is 2.31. The third-order valence-corrected chi connectivity index (χ3v) is 4.73. The lowest BCUT2D eigenvalue weighted by Gasteiger charge is -2.12. The summed E-state index contributed by atoms with van der Waals surface area (Å²) in [6.45, 7) is 1.86. The van der Waals surface area contributed by atoms with Crippen molar-refractivity contribution in [3.05, 3.63) is 55.6 Å². The zero-order chi connectivity index (χ0) is 15.6. The number of aryl methyl sites for hydroxylation is 1. The molecule has 0 aliphatic carbocycles. The molecule has 0 N–H and O–H groups in total. The van der Waals surface area contributed by atoms with E-state index in [9.17, 15) is 4.79 Å². The molecule has 0 fully saturated rings. The Morgan fingerprint density at radius 2 is 1.71 bits per heavy atom. The van der Waals surface area contributed by atoms with Crippen LogP contribution in [0.25, 0.3) is 0 Å². The van der Waals surface area contributed by atoms with Crippen LogP contribution in [0.5, 0.6) is 11.5 Å². The third-order valence-electron chi connectivity index (χ3n) is 3.16. The SMILES string of the molecule is COc1cc(C)c(C(=O)c2ccc(I)c(Cl)c2)cc1OC. The van der Waals surface area contributed by atoms with Crippen molar-refractivity contribution < 1.29 is 14.3 Å². The third kappa shape index (κ3) is 3.32. The molecule has 0 aliphatic rings. The van der Waals surface area contributed by atoms with E-state index in [1.807, 2.05) is 13.0 Å². The first-order valence-electron chi connectivity index (χ1n) is 6.20. The monoisotopic (exact) mass is 416 g/mol. The molecule has 2 aromatic rings. The molecule has 0 saturated heterocycles. The molecule has 0 bridgehead atoms. The van der Waals surface area contributed by atoms with Gasteiger partial charge in [0.15, 0.2) is 17.3 Å². The van der Waals surface area contributed by atoms with Crippen molar-refractivity contribution in [1.29, 1.82) is 0 Å². The number of carbonyl (C=O) groups is 1. The first kappa shape index (κ1) is 16.1. The van der Waals surface area contributed by atoms with E-state index in [-0.39, 0.29) is 5.78 Å². The van der Waals surface area contributed by atoms with Gasteiger partial charge in [-0.2, -0.15) is 0 Å². The van der Waals surface area contributed by atoms with Crippen LogP contribution in [0.4, 0.5) is 0 Å². The van der Waals surface area contributed by atoms with E-state index in [0.29, 0.717) is 27.6 Å². The lowest BCUT2D eigenvalue weighted by molar-refractivity contribution is 0.103. The summed E-state index contributed by atoms with van der Waals surface area (Å²) in [6.07, 6.45) is 0. The summed E-state index contributed by atoms with van der Waals surface area (Å²) < 4.78 is 11.4. The maximum Gasteiger partial charge on any atom is 0.193 e. The van der Waals surface area contributed by atoms with Crippen LogP contribution < -0.4 is 9.47 Å². The maximum absolute atomic E-state index is 12.6. The fraction of sp³-hybridized carbons (Fsp3) is 0.188. The Labute approximate surface area is 142 Å². The second kappa shape index (κ2) is 6.66. The quantitative estimate of drug-likeness (QED) is 0.544. The summed E-state index contributed by atoms with van der Waals surface area (Å²) in [4.78, 5) is 12.6. The van der Waals surface area contributed by atoms with Gasteiger partial charge in [-0.1, -0.05) is 11.6 Å². The Balaban J connectivity index is 2.50. The van der Waals surface area contributed by atoms with Gasteiger partial charge in [0.05, 0.1) is 19.2 Å². The Morgan fingerprint density at radius 3 is 2.29 bits per heavy atom. The molecule has 110 valence electrons. The molecule has 0 aromatic heterocycles. The molecule has 5 heteroatoms. The molecule has 2 rings (SSSR count). The molecule has 0 atom stereocenters. The number of hydrogen-bond acceptors (Lipinski definition) is 3. The van der Waals surface area contributed by atoms with Crippen molar-refractivity contribution in [3.63, 3.8) is 0 Å². The van der Waals surface area contributed by atoms with Crippen LogP contribution in [0.3, 0.4) is 0 Å². The molecule has 0 saturated carbocycles. The average molecular weight is 417 g/mol. The van der Waals surface area contributed by atoms with E-state index >= 15 is 0 Å². The molecule has 0 aliphatic heterocycles. The van der Waals surface area contributed by atoms with Crippen molar-refractivity contribution in [2.45, 2.75) is 6.92 Å². The van der Waals surface area contributed by atoms with Crippen molar-refractivity contribution in [2.24, 2.45) is 0 Å². The summed E-state index contributed by atoms with van der Waals surface area (Å²) in [5, 5.41) is 0.569. The number of methoxy groups -OCH3 is 2. The fourth-order valence-corrected chi connectivity index (χ4v) is 2.53. The van der Waals surface area contributed by atoms with Gasteiger partial charge in [-0.3, -0.25) is 4.79 Å². The van der Waals surface area contributed by atoms with Crippen molar-refractivity contribution in [3.8, 4) is 11.5 Å². The van der Waals surface area contributed by atoms with Gasteiger partial charge >= 0.3 is 0 Å². The number of ketones is 1. The molecular weight excluding hydrogens is 403 g/mol. The molecule has 0 amide bonds. The van der Waals surface area contributed by atoms with Crippen LogP contribution in [0.1, 0.15) is 21.5 Å². The Kier molecular flexibility index (Phi) is 5.11. The van der Waals surface area contributed by atoms with Gasteiger partial charge in [-0.25, -0.2) is 0 Å². The van der Waals surface area contributed by atoms with Crippen LogP contribution in [0.15, 0.2) is 30.3 Å². The highest BCUT2D eigenvalue weighted by atomic mass is 127. The minimum atomic E-state index is -0.0910. The van der Waals surface area contributed by atoms with Crippen LogP contribution in [-0.2, 0) is 0 Å². The molecule has 0 radical (unpaired) electrons. The predicted molar refractivity (Wildman–Crippen MR) is 91.9 cm³/mol. The van der Waals surface area contributed by atoms with Crippen LogP contribution in [-0.4, -0.2) is 20.0 Å². The molecule has 0 unspecified atom stereocenters. The zero-order valence-electron chi connectivity index (χ0n) is 11.9. The topological polar surface area (TPSA) is 35.5 Å². The van der Waals surface area contributed by atoms with E-state index in [1.54, 1.807) is 38.5 Å². The van der Waals surface area contributed by atoms with E-state index in [0.717, 1.165) is 9.13 Å². The van der Waals surface area contributed by atoms with Gasteiger partial charge in [-0.05, 0) is 65.4 Å². The minimum absolute atomic E-state index is 0.0910. The molecule has 3 nitrogen and oxygen atoms in total. The summed E-state index contributed by atoms with van der Waals surface area (Å²) in [5.41, 5.74) is 1.95. The second-order valence-corrected chi connectivity index (χ2v) is 6.05. The first-order valence-corrected chi connectivity index (χ1v) is 7.66. The molecule has 0 spiro atoms. The van der Waals surface area contributed by atoms with Crippen LogP contribution in [0, 0.1) is 10.5 Å². The summed E-state index contributed by atoms with van der Waals surface area (Å²) in [6, 6.07) is 8.77. The number of halogens is 2. The van der Waals surface area contributed by atoms with Gasteiger partial charge in [0, 0.05) is 14.7 Å². The highest BCUT2D eigenvalue weighted by molar-refractivity contribution is 14.1. The van der Waals surface area contributed by atoms with Gasteiger partial charge in [0.1, 0.15) is 0 Å². The van der Waals surface area contributed by atoms with Crippen LogP contribution in [0.2, 0.25) is 5.02 Å². The van der Waals surface area contributed by atoms with Gasteiger partial charge in [0.25, 0.3) is 0 Å². The van der Waals surface area contributed by atoms with Crippen molar-refractivity contribution in [1.82, 2.24) is 0 Å². The normalized spacial score (nSPS) is 10.3. The fourth-order valence-electron chi connectivity index (χ4n) is 2.02. The van der Waals surface area contributed by atoms with Gasteiger partial charge in [-0.15, -0.1) is 0 Å². The van der Waals surface area contributed by atoms with E-state index in [2.05, 4.69) is 22.6 Å². The number of benzene rings is 2. The minimum Gasteiger partial charge on any atom is -0.493 e. The predicted octanol–water partition coefficient (Wildman–Crippen LogP) is 4.50. The Bertz CT molecular complexity index is 698. The van der Waals surface area contributed by atoms with Crippen LogP contribution >= 0.6 is 34.2 Å². The lowest BCUT2D eigenvalue weighted by atomic mass is 9.98. The number of ether oxygens (including phenoxy) is 2. The van der Waals surface area contributed by atoms with E-state index in [4.69, 9.17) is 21.1 Å². The second-order valence-electron chi connectivity index (χ2n) is 4.48. The smallest absolute Gasteiger partial charge is 0.193 e. The summed E-state index contributed by atoms with van der Waals surface area (Å²) in [7, 11) is 3.11. The maximum atomic E-state index is 12.6. The number of rotatable bonds is 4. The Hall–Kier alpha value is -1.27. The molecule has 0 heterocycles. The van der Waals surface area contributed by atoms with Gasteiger partial charge < -0.3 is 9.47 Å². The number of hydrogen-bond donors (Lipinski definition) is 0. The largest absolute Gasteiger partial charge is 0.493 e. The molecule has 21 heavy (non-hydrogen) atoms. The summed E-state index contributed by atoms with van der Waals surface area (Å²) >= 11 is 8.21. The van der Waals surface area contributed by atoms with Crippen molar-refractivity contribution >= 4 is 40.0 Å². The standard InChI is InChI=1S/C16H14ClIO3/c1-9-6-14(20-2)15(21-3)8-11(9)16(19)10-4-5-13(18)12(17)7-10/h4-8H,1-3H3. The first-order chi connectivity index (χ1) is 9.97.